The predicted molar refractivity (Wildman–Crippen MR) is 45.3 cm³/mol. The van der Waals surface area contributed by atoms with Crippen LogP contribution < -0.4 is 0 Å². The summed E-state index contributed by atoms with van der Waals surface area (Å²) in [6.07, 6.45) is 0. The Kier molecular flexibility index (Phi) is 3.24. The number of hydrogen-bond acceptors (Lipinski definition) is 2. The number of Topliss-reactive ketones (excluding diaryl/α,β-unsaturated/α-hetero) is 1. The third-order valence-electron chi connectivity index (χ3n) is 2.32. The molecule has 0 aromatic rings. The summed E-state index contributed by atoms with van der Waals surface area (Å²) in [7, 11) is 0. The fraction of sp³-hybridized carbons (Fsp3) is 0.889. The van der Waals surface area contributed by atoms with Crippen molar-refractivity contribution in [1.82, 2.24) is 0 Å². The summed E-state index contributed by atoms with van der Waals surface area (Å²) in [5, 5.41) is 9.89. The molecule has 0 rings (SSSR count). The van der Waals surface area contributed by atoms with Gasteiger partial charge in [0, 0.05) is 0 Å². The van der Waals surface area contributed by atoms with Crippen LogP contribution in [0.4, 0.5) is 0 Å². The third kappa shape index (κ3) is 1.80. The standard InChI is InChI=1S/C9H18O2/c1-6(2)9(11,7(3)4)8(5)10/h6-7,11H,1-5H3. The number of carbonyl (C=O) groups is 1. The minimum absolute atomic E-state index is 0.0139. The summed E-state index contributed by atoms with van der Waals surface area (Å²) in [6.45, 7) is 8.89. The van der Waals surface area contributed by atoms with Crippen LogP contribution in [-0.2, 0) is 4.79 Å². The maximum absolute atomic E-state index is 11.1. The van der Waals surface area contributed by atoms with E-state index in [2.05, 4.69) is 0 Å². The number of aliphatic hydroxyl groups is 1. The molecule has 0 unspecified atom stereocenters. The quantitative estimate of drug-likeness (QED) is 0.677. The van der Waals surface area contributed by atoms with Gasteiger partial charge in [0.25, 0.3) is 0 Å². The fourth-order valence-electron chi connectivity index (χ4n) is 1.48. The van der Waals surface area contributed by atoms with E-state index in [4.69, 9.17) is 0 Å². The van der Waals surface area contributed by atoms with Crippen LogP contribution in [0.1, 0.15) is 34.6 Å². The highest BCUT2D eigenvalue weighted by Gasteiger charge is 2.39. The van der Waals surface area contributed by atoms with Crippen molar-refractivity contribution in [3.63, 3.8) is 0 Å². The molecule has 0 aliphatic carbocycles. The molecule has 1 N–H and O–H groups in total. The lowest BCUT2D eigenvalue weighted by atomic mass is 9.78. The van der Waals surface area contributed by atoms with Crippen molar-refractivity contribution in [2.24, 2.45) is 11.8 Å². The molecule has 0 amide bonds. The van der Waals surface area contributed by atoms with E-state index in [1.165, 1.54) is 6.92 Å². The molecular weight excluding hydrogens is 140 g/mol. The van der Waals surface area contributed by atoms with Crippen molar-refractivity contribution in [3.05, 3.63) is 0 Å². The number of ketones is 1. The molecule has 0 atom stereocenters. The highest BCUT2D eigenvalue weighted by atomic mass is 16.3. The average molecular weight is 158 g/mol. The predicted octanol–water partition coefficient (Wildman–Crippen LogP) is 1.62. The normalized spacial score (nSPS) is 12.7. The molecule has 0 aliphatic rings. The maximum Gasteiger partial charge on any atom is 0.161 e. The molecule has 0 spiro atoms. The molecule has 0 radical (unpaired) electrons. The molecule has 0 saturated heterocycles. The highest BCUT2D eigenvalue weighted by molar-refractivity contribution is 5.85. The van der Waals surface area contributed by atoms with Crippen LogP contribution in [0.5, 0.6) is 0 Å². The minimum atomic E-state index is -1.14. The zero-order valence-corrected chi connectivity index (χ0v) is 8.01. The monoisotopic (exact) mass is 158 g/mol. The molecule has 11 heavy (non-hydrogen) atoms. The second kappa shape index (κ2) is 3.35. The third-order valence-corrected chi connectivity index (χ3v) is 2.32. The lowest BCUT2D eigenvalue weighted by Gasteiger charge is -2.33. The highest BCUT2D eigenvalue weighted by Crippen LogP contribution is 2.26. The van der Waals surface area contributed by atoms with Crippen molar-refractivity contribution in [2.45, 2.75) is 40.2 Å². The van der Waals surface area contributed by atoms with Crippen molar-refractivity contribution in [3.8, 4) is 0 Å². The summed E-state index contributed by atoms with van der Waals surface area (Å²) in [4.78, 5) is 11.1. The van der Waals surface area contributed by atoms with Gasteiger partial charge in [-0.2, -0.15) is 0 Å². The summed E-state index contributed by atoms with van der Waals surface area (Å²) in [5.74, 6) is -0.164. The van der Waals surface area contributed by atoms with Gasteiger partial charge in [-0.15, -0.1) is 0 Å². The molecule has 0 aliphatic heterocycles. The van der Waals surface area contributed by atoms with Gasteiger partial charge in [-0.25, -0.2) is 0 Å². The van der Waals surface area contributed by atoms with Crippen LogP contribution in [0.25, 0.3) is 0 Å². The Balaban J connectivity index is 4.67. The second-order valence-corrected chi connectivity index (χ2v) is 3.69. The largest absolute Gasteiger partial charge is 0.382 e. The molecule has 66 valence electrons. The Morgan fingerprint density at radius 3 is 1.45 bits per heavy atom. The van der Waals surface area contributed by atoms with E-state index in [9.17, 15) is 9.90 Å². The van der Waals surface area contributed by atoms with E-state index in [0.29, 0.717) is 0 Å². The molecule has 0 aromatic heterocycles. The van der Waals surface area contributed by atoms with Gasteiger partial charge in [-0.1, -0.05) is 27.7 Å². The van der Waals surface area contributed by atoms with E-state index >= 15 is 0 Å². The van der Waals surface area contributed by atoms with Crippen molar-refractivity contribution in [2.75, 3.05) is 0 Å². The molecule has 0 heterocycles. The van der Waals surface area contributed by atoms with Crippen molar-refractivity contribution in [1.29, 1.82) is 0 Å². The van der Waals surface area contributed by atoms with Gasteiger partial charge in [-0.3, -0.25) is 4.79 Å². The Hall–Kier alpha value is -0.370. The van der Waals surface area contributed by atoms with E-state index in [1.807, 2.05) is 27.7 Å². The topological polar surface area (TPSA) is 37.3 Å². The zero-order chi connectivity index (χ0) is 9.23. The molecule has 2 heteroatoms. The SMILES string of the molecule is CC(=O)C(O)(C(C)C)C(C)C. The first-order chi connectivity index (χ1) is 4.83. The van der Waals surface area contributed by atoms with Gasteiger partial charge in [0.15, 0.2) is 5.78 Å². The molecule has 2 nitrogen and oxygen atoms in total. The average Bonchev–Trinajstić information content (AvgIpc) is 1.84. The van der Waals surface area contributed by atoms with Crippen LogP contribution in [0.2, 0.25) is 0 Å². The van der Waals surface area contributed by atoms with E-state index in [-0.39, 0.29) is 17.6 Å². The molecular formula is C9H18O2. The smallest absolute Gasteiger partial charge is 0.161 e. The second-order valence-electron chi connectivity index (χ2n) is 3.69. The Bertz CT molecular complexity index is 140. The van der Waals surface area contributed by atoms with Gasteiger partial charge < -0.3 is 5.11 Å². The molecule has 0 fully saturated rings. The Morgan fingerprint density at radius 1 is 1.18 bits per heavy atom. The Labute approximate surface area is 68.6 Å². The van der Waals surface area contributed by atoms with Gasteiger partial charge in [0.05, 0.1) is 0 Å². The summed E-state index contributed by atoms with van der Waals surface area (Å²) >= 11 is 0. The number of carbonyl (C=O) groups excluding carboxylic acids is 1. The van der Waals surface area contributed by atoms with E-state index in [1.54, 1.807) is 0 Å². The first kappa shape index (κ1) is 10.6. The molecule has 0 aromatic carbocycles. The molecule has 0 saturated carbocycles. The number of hydrogen-bond donors (Lipinski definition) is 1. The van der Waals surface area contributed by atoms with E-state index in [0.717, 1.165) is 0 Å². The van der Waals surface area contributed by atoms with Crippen LogP contribution in [0.3, 0.4) is 0 Å². The van der Waals surface area contributed by atoms with Crippen LogP contribution >= 0.6 is 0 Å². The zero-order valence-electron chi connectivity index (χ0n) is 8.01. The maximum atomic E-state index is 11.1. The Morgan fingerprint density at radius 2 is 1.45 bits per heavy atom. The lowest BCUT2D eigenvalue weighted by molar-refractivity contribution is -0.145. The van der Waals surface area contributed by atoms with Gasteiger partial charge in [0.2, 0.25) is 0 Å². The summed E-state index contributed by atoms with van der Waals surface area (Å²) in [6, 6.07) is 0. The van der Waals surface area contributed by atoms with Gasteiger partial charge in [-0.05, 0) is 18.8 Å². The fourth-order valence-corrected chi connectivity index (χ4v) is 1.48. The van der Waals surface area contributed by atoms with E-state index < -0.39 is 5.60 Å². The number of rotatable bonds is 3. The van der Waals surface area contributed by atoms with Gasteiger partial charge >= 0.3 is 0 Å². The van der Waals surface area contributed by atoms with Gasteiger partial charge in [0.1, 0.15) is 5.60 Å². The van der Waals surface area contributed by atoms with Crippen LogP contribution in [-0.4, -0.2) is 16.5 Å². The minimum Gasteiger partial charge on any atom is -0.382 e. The first-order valence-corrected chi connectivity index (χ1v) is 4.06. The molecule has 0 bridgehead atoms. The van der Waals surface area contributed by atoms with Crippen molar-refractivity contribution < 1.29 is 9.90 Å². The first-order valence-electron chi connectivity index (χ1n) is 4.06. The summed E-state index contributed by atoms with van der Waals surface area (Å²) in [5.41, 5.74) is -1.14. The van der Waals surface area contributed by atoms with Crippen LogP contribution in [0, 0.1) is 11.8 Å². The lowest BCUT2D eigenvalue weighted by Crippen LogP contribution is -2.47. The van der Waals surface area contributed by atoms with Crippen LogP contribution in [0.15, 0.2) is 0 Å². The van der Waals surface area contributed by atoms with Crippen molar-refractivity contribution >= 4 is 5.78 Å². The summed E-state index contributed by atoms with van der Waals surface area (Å²) < 4.78 is 0.